The Kier molecular flexibility index (Phi) is 4.13. The quantitative estimate of drug-likeness (QED) is 0.860. The van der Waals surface area contributed by atoms with Gasteiger partial charge in [-0.05, 0) is 46.1 Å². The molecule has 4 heterocycles. The lowest BCUT2D eigenvalue weighted by Crippen LogP contribution is -2.40. The van der Waals surface area contributed by atoms with Crippen LogP contribution in [0.5, 0.6) is 0 Å². The highest BCUT2D eigenvalue weighted by molar-refractivity contribution is 5.83. The molecule has 25 heavy (non-hydrogen) atoms. The number of amides is 1. The molecular formula is C19H26N4O2. The SMILES string of the molecule is Cc1cc(C(C)C(=O)N2CCC(c3nnc4n3CCC4)CC2)c(C)o1. The lowest BCUT2D eigenvalue weighted by atomic mass is 9.93. The summed E-state index contributed by atoms with van der Waals surface area (Å²) in [6, 6.07) is 1.99. The Morgan fingerprint density at radius 3 is 2.68 bits per heavy atom. The molecule has 2 aliphatic heterocycles. The maximum absolute atomic E-state index is 12.9. The molecule has 0 spiro atoms. The number of piperidine rings is 1. The van der Waals surface area contributed by atoms with E-state index < -0.39 is 0 Å². The number of aryl methyl sites for hydroxylation is 3. The van der Waals surface area contributed by atoms with Crippen LogP contribution < -0.4 is 0 Å². The van der Waals surface area contributed by atoms with Crippen LogP contribution in [0.1, 0.15) is 66.8 Å². The maximum Gasteiger partial charge on any atom is 0.229 e. The second kappa shape index (κ2) is 6.32. The first kappa shape index (κ1) is 16.4. The summed E-state index contributed by atoms with van der Waals surface area (Å²) in [5.41, 5.74) is 1.01. The molecule has 0 bridgehead atoms. The van der Waals surface area contributed by atoms with Gasteiger partial charge >= 0.3 is 0 Å². The fourth-order valence-electron chi connectivity index (χ4n) is 4.32. The molecule has 1 unspecified atom stereocenters. The van der Waals surface area contributed by atoms with E-state index >= 15 is 0 Å². The smallest absolute Gasteiger partial charge is 0.229 e. The van der Waals surface area contributed by atoms with Crippen molar-refractivity contribution >= 4 is 5.91 Å². The Morgan fingerprint density at radius 1 is 1.24 bits per heavy atom. The predicted octanol–water partition coefficient (Wildman–Crippen LogP) is 2.94. The molecule has 1 amide bonds. The van der Waals surface area contributed by atoms with Crippen LogP contribution in [0.15, 0.2) is 10.5 Å². The highest BCUT2D eigenvalue weighted by Crippen LogP contribution is 2.31. The van der Waals surface area contributed by atoms with Gasteiger partial charge in [0.25, 0.3) is 0 Å². The van der Waals surface area contributed by atoms with E-state index in [9.17, 15) is 4.79 Å². The van der Waals surface area contributed by atoms with Crippen molar-refractivity contribution in [2.24, 2.45) is 0 Å². The van der Waals surface area contributed by atoms with Crippen LogP contribution in [0.25, 0.3) is 0 Å². The number of likely N-dealkylation sites (tertiary alicyclic amines) is 1. The summed E-state index contributed by atoms with van der Waals surface area (Å²) >= 11 is 0. The Labute approximate surface area is 148 Å². The largest absolute Gasteiger partial charge is 0.466 e. The third-order valence-electron chi connectivity index (χ3n) is 5.73. The van der Waals surface area contributed by atoms with Crippen LogP contribution in [0.2, 0.25) is 0 Å². The average Bonchev–Trinajstić information content (AvgIpc) is 3.29. The Bertz CT molecular complexity index is 783. The van der Waals surface area contributed by atoms with E-state index in [4.69, 9.17) is 4.42 Å². The van der Waals surface area contributed by atoms with Gasteiger partial charge in [0.05, 0.1) is 5.92 Å². The zero-order valence-electron chi connectivity index (χ0n) is 15.3. The van der Waals surface area contributed by atoms with Crippen molar-refractivity contribution in [3.63, 3.8) is 0 Å². The van der Waals surface area contributed by atoms with E-state index in [2.05, 4.69) is 14.8 Å². The summed E-state index contributed by atoms with van der Waals surface area (Å²) in [7, 11) is 0. The van der Waals surface area contributed by atoms with E-state index in [0.717, 1.165) is 67.6 Å². The Morgan fingerprint density at radius 2 is 2.00 bits per heavy atom. The van der Waals surface area contributed by atoms with Gasteiger partial charge in [-0.2, -0.15) is 0 Å². The molecule has 0 aliphatic carbocycles. The molecule has 1 atom stereocenters. The Hall–Kier alpha value is -2.11. The van der Waals surface area contributed by atoms with E-state index in [1.54, 1.807) is 0 Å². The van der Waals surface area contributed by atoms with Gasteiger partial charge in [-0.1, -0.05) is 0 Å². The standard InChI is InChI=1S/C19H26N4O2/c1-12-11-16(14(3)25-12)13(2)19(24)22-9-6-15(7-10-22)18-21-20-17-5-4-8-23(17)18/h11,13,15H,4-10H2,1-3H3. The normalized spacial score (nSPS) is 19.2. The molecule has 1 fully saturated rings. The molecule has 2 aliphatic rings. The molecule has 0 aromatic carbocycles. The highest BCUT2D eigenvalue weighted by Gasteiger charge is 2.31. The molecule has 0 radical (unpaired) electrons. The van der Waals surface area contributed by atoms with Crippen molar-refractivity contribution in [1.29, 1.82) is 0 Å². The van der Waals surface area contributed by atoms with Gasteiger partial charge in [0.1, 0.15) is 23.2 Å². The third kappa shape index (κ3) is 2.87. The first-order chi connectivity index (χ1) is 12.0. The van der Waals surface area contributed by atoms with Crippen LogP contribution in [0.4, 0.5) is 0 Å². The molecule has 1 saturated heterocycles. The van der Waals surface area contributed by atoms with Crippen LogP contribution >= 0.6 is 0 Å². The summed E-state index contributed by atoms with van der Waals surface area (Å²) in [6.45, 7) is 8.49. The summed E-state index contributed by atoms with van der Waals surface area (Å²) in [5, 5.41) is 8.75. The zero-order valence-corrected chi connectivity index (χ0v) is 15.3. The monoisotopic (exact) mass is 342 g/mol. The van der Waals surface area contributed by atoms with Crippen molar-refractivity contribution in [1.82, 2.24) is 19.7 Å². The molecule has 2 aromatic rings. The number of fused-ring (bicyclic) bond motifs is 1. The van der Waals surface area contributed by atoms with Crippen molar-refractivity contribution in [3.8, 4) is 0 Å². The Balaban J connectivity index is 1.41. The number of aromatic nitrogens is 3. The van der Waals surface area contributed by atoms with Gasteiger partial charge in [0, 0.05) is 37.5 Å². The molecule has 6 nitrogen and oxygen atoms in total. The van der Waals surface area contributed by atoms with E-state index in [1.165, 1.54) is 6.42 Å². The van der Waals surface area contributed by atoms with Gasteiger partial charge in [-0.3, -0.25) is 4.79 Å². The van der Waals surface area contributed by atoms with Crippen LogP contribution in [0.3, 0.4) is 0 Å². The number of rotatable bonds is 3. The fourth-order valence-corrected chi connectivity index (χ4v) is 4.32. The first-order valence-electron chi connectivity index (χ1n) is 9.32. The lowest BCUT2D eigenvalue weighted by molar-refractivity contribution is -0.133. The summed E-state index contributed by atoms with van der Waals surface area (Å²) in [5.74, 6) is 4.47. The molecule has 0 N–H and O–H groups in total. The maximum atomic E-state index is 12.9. The van der Waals surface area contributed by atoms with Gasteiger partial charge in [-0.15, -0.1) is 10.2 Å². The molecule has 2 aromatic heterocycles. The molecule has 0 saturated carbocycles. The fraction of sp³-hybridized carbons (Fsp3) is 0.632. The molecule has 4 rings (SSSR count). The topological polar surface area (TPSA) is 64.2 Å². The van der Waals surface area contributed by atoms with Crippen molar-refractivity contribution < 1.29 is 9.21 Å². The second-order valence-electron chi connectivity index (χ2n) is 7.42. The zero-order chi connectivity index (χ0) is 17.6. The first-order valence-corrected chi connectivity index (χ1v) is 9.32. The molecular weight excluding hydrogens is 316 g/mol. The van der Waals surface area contributed by atoms with E-state index in [-0.39, 0.29) is 11.8 Å². The van der Waals surface area contributed by atoms with Crippen LogP contribution in [-0.4, -0.2) is 38.7 Å². The van der Waals surface area contributed by atoms with Gasteiger partial charge in [0.2, 0.25) is 5.91 Å². The number of furan rings is 1. The summed E-state index contributed by atoms with van der Waals surface area (Å²) in [6.07, 6.45) is 4.17. The minimum atomic E-state index is -0.147. The minimum Gasteiger partial charge on any atom is -0.466 e. The average molecular weight is 342 g/mol. The molecule has 6 heteroatoms. The summed E-state index contributed by atoms with van der Waals surface area (Å²) < 4.78 is 7.89. The van der Waals surface area contributed by atoms with Gasteiger partial charge in [-0.25, -0.2) is 0 Å². The van der Waals surface area contributed by atoms with E-state index in [0.29, 0.717) is 5.92 Å². The van der Waals surface area contributed by atoms with Gasteiger partial charge in [0.15, 0.2) is 0 Å². The number of carbonyl (C=O) groups excluding carboxylic acids is 1. The number of hydrogen-bond donors (Lipinski definition) is 0. The lowest BCUT2D eigenvalue weighted by Gasteiger charge is -2.33. The van der Waals surface area contributed by atoms with E-state index in [1.807, 2.05) is 31.7 Å². The van der Waals surface area contributed by atoms with Crippen LogP contribution in [0, 0.1) is 13.8 Å². The second-order valence-corrected chi connectivity index (χ2v) is 7.42. The summed E-state index contributed by atoms with van der Waals surface area (Å²) in [4.78, 5) is 14.9. The minimum absolute atomic E-state index is 0.147. The van der Waals surface area contributed by atoms with Crippen molar-refractivity contribution in [3.05, 3.63) is 34.8 Å². The predicted molar refractivity (Wildman–Crippen MR) is 93.5 cm³/mol. The van der Waals surface area contributed by atoms with Crippen molar-refractivity contribution in [2.45, 2.75) is 64.8 Å². The van der Waals surface area contributed by atoms with Crippen LogP contribution in [-0.2, 0) is 17.8 Å². The number of carbonyl (C=O) groups is 1. The third-order valence-corrected chi connectivity index (χ3v) is 5.73. The van der Waals surface area contributed by atoms with Gasteiger partial charge < -0.3 is 13.9 Å². The highest BCUT2D eigenvalue weighted by atomic mass is 16.3. The van der Waals surface area contributed by atoms with Crippen molar-refractivity contribution in [2.75, 3.05) is 13.1 Å². The number of nitrogens with zero attached hydrogens (tertiary/aromatic N) is 4. The number of hydrogen-bond acceptors (Lipinski definition) is 4. The molecule has 134 valence electrons.